The van der Waals surface area contributed by atoms with Crippen molar-refractivity contribution < 1.29 is 4.74 Å². The quantitative estimate of drug-likeness (QED) is 0.558. The number of aryl methyl sites for hydroxylation is 1. The number of para-hydroxylation sites is 2. The summed E-state index contributed by atoms with van der Waals surface area (Å²) < 4.78 is 5.86. The first-order valence-electron chi connectivity index (χ1n) is 8.87. The minimum atomic E-state index is 0.0907. The summed E-state index contributed by atoms with van der Waals surface area (Å²) in [5.74, 6) is 2.88. The molecule has 0 saturated heterocycles. The van der Waals surface area contributed by atoms with E-state index in [1.165, 1.54) is 0 Å². The van der Waals surface area contributed by atoms with E-state index in [1.54, 1.807) is 0 Å². The largest absolute Gasteiger partial charge is 0.489 e. The molecule has 3 aromatic rings. The Morgan fingerprint density at radius 2 is 1.70 bits per heavy atom. The van der Waals surface area contributed by atoms with Gasteiger partial charge in [0.25, 0.3) is 0 Å². The van der Waals surface area contributed by atoms with Gasteiger partial charge in [0.05, 0.1) is 11.8 Å². The Labute approximate surface area is 164 Å². The van der Waals surface area contributed by atoms with Gasteiger partial charge in [-0.15, -0.1) is 0 Å². The molecule has 0 atom stereocenters. The van der Waals surface area contributed by atoms with Crippen LogP contribution in [0.1, 0.15) is 25.2 Å². The van der Waals surface area contributed by atoms with Gasteiger partial charge in [-0.2, -0.15) is 0 Å². The van der Waals surface area contributed by atoms with Gasteiger partial charge < -0.3 is 15.4 Å². The number of benzene rings is 2. The van der Waals surface area contributed by atoms with E-state index in [9.17, 15) is 0 Å². The summed E-state index contributed by atoms with van der Waals surface area (Å²) in [6, 6.07) is 17.4. The number of halogens is 1. The molecule has 6 heteroatoms. The number of nitrogens with zero attached hydrogens (tertiary/aromatic N) is 2. The van der Waals surface area contributed by atoms with Crippen LogP contribution in [0.25, 0.3) is 0 Å². The van der Waals surface area contributed by atoms with Crippen LogP contribution in [0.5, 0.6) is 5.75 Å². The molecule has 2 N–H and O–H groups in total. The molecule has 27 heavy (non-hydrogen) atoms. The molecule has 3 rings (SSSR count). The Hall–Kier alpha value is -2.79. The Bertz CT molecular complexity index is 914. The molecule has 1 heterocycles. The number of nitrogens with one attached hydrogen (secondary N) is 2. The van der Waals surface area contributed by atoms with Gasteiger partial charge in [0.15, 0.2) is 0 Å². The molecule has 5 nitrogen and oxygen atoms in total. The van der Waals surface area contributed by atoms with Crippen molar-refractivity contribution in [3.8, 4) is 5.75 Å². The van der Waals surface area contributed by atoms with Crippen LogP contribution >= 0.6 is 11.6 Å². The minimum absolute atomic E-state index is 0.0907. The topological polar surface area (TPSA) is 59.1 Å². The predicted octanol–water partition coefficient (Wildman–Crippen LogP) is 5.58. The van der Waals surface area contributed by atoms with Crippen LogP contribution < -0.4 is 15.4 Å². The molecule has 0 aliphatic rings. The molecule has 140 valence electrons. The van der Waals surface area contributed by atoms with Crippen LogP contribution in [0.3, 0.4) is 0 Å². The summed E-state index contributed by atoms with van der Waals surface area (Å²) in [4.78, 5) is 8.93. The smallest absolute Gasteiger partial charge is 0.143 e. The van der Waals surface area contributed by atoms with Crippen LogP contribution in [0.15, 0.2) is 54.6 Å². The number of hydrogen-bond acceptors (Lipinski definition) is 5. The molecule has 1 aromatic heterocycles. The lowest BCUT2D eigenvalue weighted by Gasteiger charge is -2.16. The fraction of sp³-hybridized carbons (Fsp3) is 0.238. The molecular formula is C21H23ClN4O. The summed E-state index contributed by atoms with van der Waals surface area (Å²) in [5, 5.41) is 7.37. The second-order valence-corrected chi connectivity index (χ2v) is 6.83. The highest BCUT2D eigenvalue weighted by molar-refractivity contribution is 6.31. The van der Waals surface area contributed by atoms with E-state index in [4.69, 9.17) is 16.3 Å². The van der Waals surface area contributed by atoms with E-state index in [2.05, 4.69) is 20.6 Å². The van der Waals surface area contributed by atoms with E-state index in [0.29, 0.717) is 18.2 Å². The van der Waals surface area contributed by atoms with Crippen LogP contribution in [0.2, 0.25) is 5.02 Å². The highest BCUT2D eigenvalue weighted by Gasteiger charge is 2.08. The molecular weight excluding hydrogens is 360 g/mol. The van der Waals surface area contributed by atoms with E-state index in [-0.39, 0.29) is 6.10 Å². The van der Waals surface area contributed by atoms with Crippen LogP contribution in [0, 0.1) is 6.92 Å². The van der Waals surface area contributed by atoms with Gasteiger partial charge in [0, 0.05) is 17.6 Å². The summed E-state index contributed by atoms with van der Waals surface area (Å²) in [6.45, 7) is 6.45. The van der Waals surface area contributed by atoms with Crippen molar-refractivity contribution in [3.63, 3.8) is 0 Å². The van der Waals surface area contributed by atoms with Crippen molar-refractivity contribution in [1.82, 2.24) is 9.97 Å². The van der Waals surface area contributed by atoms with Gasteiger partial charge >= 0.3 is 0 Å². The SMILES string of the molecule is Cc1nc(NCc2ccccc2Cl)cc(Nc2ccccc2OC(C)C)n1. The molecule has 0 saturated carbocycles. The third-order valence-corrected chi connectivity index (χ3v) is 4.14. The zero-order valence-corrected chi connectivity index (χ0v) is 16.4. The van der Waals surface area contributed by atoms with Gasteiger partial charge in [-0.1, -0.05) is 41.9 Å². The van der Waals surface area contributed by atoms with Crippen LogP contribution in [0.4, 0.5) is 17.3 Å². The molecule has 0 aliphatic heterocycles. The normalized spacial score (nSPS) is 10.7. The summed E-state index contributed by atoms with van der Waals surface area (Å²) in [7, 11) is 0. The Morgan fingerprint density at radius 1 is 1.00 bits per heavy atom. The fourth-order valence-electron chi connectivity index (χ4n) is 2.61. The fourth-order valence-corrected chi connectivity index (χ4v) is 2.82. The molecule has 0 unspecified atom stereocenters. The third kappa shape index (κ3) is 5.34. The standard InChI is InChI=1S/C21H23ClN4O/c1-14(2)27-19-11-7-6-10-18(19)26-21-12-20(24-15(3)25-21)23-13-16-8-4-5-9-17(16)22/h4-12,14H,13H2,1-3H3,(H2,23,24,25,26). The zero-order chi connectivity index (χ0) is 19.2. The Morgan fingerprint density at radius 3 is 2.48 bits per heavy atom. The molecule has 0 amide bonds. The van der Waals surface area contributed by atoms with E-state index in [0.717, 1.165) is 27.8 Å². The number of ether oxygens (including phenoxy) is 1. The monoisotopic (exact) mass is 382 g/mol. The third-order valence-electron chi connectivity index (χ3n) is 3.77. The van der Waals surface area contributed by atoms with Crippen molar-refractivity contribution in [1.29, 1.82) is 0 Å². The van der Waals surface area contributed by atoms with Gasteiger partial charge in [-0.05, 0) is 44.5 Å². The molecule has 2 aromatic carbocycles. The first-order valence-corrected chi connectivity index (χ1v) is 9.25. The maximum absolute atomic E-state index is 6.22. The van der Waals surface area contributed by atoms with Crippen molar-refractivity contribution in [2.45, 2.75) is 33.4 Å². The number of rotatable bonds is 7. The van der Waals surface area contributed by atoms with Crippen molar-refractivity contribution >= 4 is 28.9 Å². The number of anilines is 3. The summed E-state index contributed by atoms with van der Waals surface area (Å²) in [5.41, 5.74) is 1.88. The minimum Gasteiger partial charge on any atom is -0.489 e. The number of aromatic nitrogens is 2. The lowest BCUT2D eigenvalue weighted by molar-refractivity contribution is 0.244. The maximum Gasteiger partial charge on any atom is 0.143 e. The second-order valence-electron chi connectivity index (χ2n) is 6.42. The predicted molar refractivity (Wildman–Crippen MR) is 111 cm³/mol. The highest BCUT2D eigenvalue weighted by Crippen LogP contribution is 2.28. The maximum atomic E-state index is 6.22. The van der Waals surface area contributed by atoms with Gasteiger partial charge in [-0.3, -0.25) is 0 Å². The number of hydrogen-bond donors (Lipinski definition) is 2. The molecule has 0 bridgehead atoms. The van der Waals surface area contributed by atoms with Crippen molar-refractivity contribution in [3.05, 3.63) is 71.0 Å². The van der Waals surface area contributed by atoms with Crippen molar-refractivity contribution in [2.24, 2.45) is 0 Å². The highest BCUT2D eigenvalue weighted by atomic mass is 35.5. The lowest BCUT2D eigenvalue weighted by Crippen LogP contribution is -2.08. The first kappa shape index (κ1) is 19.0. The molecule has 0 radical (unpaired) electrons. The van der Waals surface area contributed by atoms with E-state index in [1.807, 2.05) is 75.4 Å². The zero-order valence-electron chi connectivity index (χ0n) is 15.7. The average Bonchev–Trinajstić information content (AvgIpc) is 2.62. The lowest BCUT2D eigenvalue weighted by atomic mass is 10.2. The van der Waals surface area contributed by atoms with Gasteiger partial charge in [0.2, 0.25) is 0 Å². The van der Waals surface area contributed by atoms with Crippen molar-refractivity contribution in [2.75, 3.05) is 10.6 Å². The average molecular weight is 383 g/mol. The molecule has 0 fully saturated rings. The van der Waals surface area contributed by atoms with Gasteiger partial charge in [-0.25, -0.2) is 9.97 Å². The van der Waals surface area contributed by atoms with Gasteiger partial charge in [0.1, 0.15) is 23.2 Å². The van der Waals surface area contributed by atoms with Crippen LogP contribution in [-0.2, 0) is 6.54 Å². The molecule has 0 spiro atoms. The summed E-state index contributed by atoms with van der Waals surface area (Å²) in [6.07, 6.45) is 0.0907. The van der Waals surface area contributed by atoms with E-state index >= 15 is 0 Å². The molecule has 0 aliphatic carbocycles. The Kier molecular flexibility index (Phi) is 6.14. The van der Waals surface area contributed by atoms with Crippen LogP contribution in [-0.4, -0.2) is 16.1 Å². The Balaban J connectivity index is 1.77. The first-order chi connectivity index (χ1) is 13.0. The summed E-state index contributed by atoms with van der Waals surface area (Å²) >= 11 is 6.22. The second kappa shape index (κ2) is 8.73. The van der Waals surface area contributed by atoms with E-state index < -0.39 is 0 Å².